The highest BCUT2D eigenvalue weighted by molar-refractivity contribution is 5.79. The Bertz CT molecular complexity index is 1010. The molecule has 4 heteroatoms. The first kappa shape index (κ1) is 18.6. The molecule has 0 amide bonds. The highest BCUT2D eigenvalue weighted by Crippen LogP contribution is 2.24. The minimum atomic E-state index is -0.0248. The van der Waals surface area contributed by atoms with Crippen LogP contribution in [0.1, 0.15) is 37.8 Å². The van der Waals surface area contributed by atoms with Gasteiger partial charge in [-0.15, -0.1) is 0 Å². The van der Waals surface area contributed by atoms with Crippen LogP contribution in [-0.4, -0.2) is 18.1 Å². The molecule has 0 spiro atoms. The lowest BCUT2D eigenvalue weighted by atomic mass is 10.00. The summed E-state index contributed by atoms with van der Waals surface area (Å²) in [7, 11) is 0. The Hall–Kier alpha value is -2.75. The molecule has 0 aliphatic carbocycles. The third kappa shape index (κ3) is 4.06. The summed E-state index contributed by atoms with van der Waals surface area (Å²) in [6.45, 7) is 7.26. The summed E-state index contributed by atoms with van der Waals surface area (Å²) in [6.07, 6.45) is 3.59. The second-order valence-electron chi connectivity index (χ2n) is 7.99. The van der Waals surface area contributed by atoms with Gasteiger partial charge in [-0.05, 0) is 78.6 Å². The van der Waals surface area contributed by atoms with Crippen molar-refractivity contribution in [3.63, 3.8) is 0 Å². The standard InChI is InChI=1S/C24H29N3O/c1-3-18-6-11-23-19(13-18)14-20(24(28)26-23)15-25-21-7-9-22(10-8-21)27-12-4-5-17(2)16-27/h6-11,13-14,17,25H,3-5,12,15-16H2,1-2H3,(H,26,28)/t17-/m1/s1. The molecule has 1 atom stereocenters. The maximum absolute atomic E-state index is 12.4. The van der Waals surface area contributed by atoms with Gasteiger partial charge in [0, 0.05) is 42.1 Å². The largest absolute Gasteiger partial charge is 0.381 e. The van der Waals surface area contributed by atoms with Gasteiger partial charge in [0.2, 0.25) is 0 Å². The van der Waals surface area contributed by atoms with Gasteiger partial charge in [-0.3, -0.25) is 4.79 Å². The third-order valence-corrected chi connectivity index (χ3v) is 5.77. The number of fused-ring (bicyclic) bond motifs is 1. The number of aromatic nitrogens is 1. The number of aromatic amines is 1. The van der Waals surface area contributed by atoms with Crippen molar-refractivity contribution >= 4 is 22.3 Å². The molecule has 28 heavy (non-hydrogen) atoms. The number of pyridine rings is 1. The van der Waals surface area contributed by atoms with E-state index in [-0.39, 0.29) is 5.56 Å². The van der Waals surface area contributed by atoms with Crippen molar-refractivity contribution in [2.75, 3.05) is 23.3 Å². The molecule has 0 bridgehead atoms. The van der Waals surface area contributed by atoms with E-state index in [1.165, 1.54) is 24.1 Å². The zero-order valence-electron chi connectivity index (χ0n) is 16.8. The normalized spacial score (nSPS) is 17.1. The fourth-order valence-electron chi connectivity index (χ4n) is 4.06. The van der Waals surface area contributed by atoms with E-state index < -0.39 is 0 Å². The number of nitrogens with zero attached hydrogens (tertiary/aromatic N) is 1. The number of rotatable bonds is 5. The second-order valence-corrected chi connectivity index (χ2v) is 7.99. The van der Waals surface area contributed by atoms with Crippen molar-refractivity contribution in [2.24, 2.45) is 5.92 Å². The maximum Gasteiger partial charge on any atom is 0.253 e. The van der Waals surface area contributed by atoms with Crippen LogP contribution in [0.3, 0.4) is 0 Å². The average Bonchev–Trinajstić information content (AvgIpc) is 2.72. The van der Waals surface area contributed by atoms with E-state index in [9.17, 15) is 4.79 Å². The number of piperidine rings is 1. The zero-order chi connectivity index (χ0) is 19.5. The SMILES string of the molecule is CCc1ccc2[nH]c(=O)c(CNc3ccc(N4CCC[C@@H](C)C4)cc3)cc2c1. The van der Waals surface area contributed by atoms with Gasteiger partial charge in [-0.25, -0.2) is 0 Å². The summed E-state index contributed by atoms with van der Waals surface area (Å²) in [5, 5.41) is 4.48. The fourth-order valence-corrected chi connectivity index (χ4v) is 4.06. The molecule has 4 nitrogen and oxygen atoms in total. The first-order valence-corrected chi connectivity index (χ1v) is 10.4. The Kier molecular flexibility index (Phi) is 5.38. The van der Waals surface area contributed by atoms with Crippen LogP contribution in [0, 0.1) is 5.92 Å². The quantitative estimate of drug-likeness (QED) is 0.664. The number of hydrogen-bond donors (Lipinski definition) is 2. The van der Waals surface area contributed by atoms with Crippen molar-refractivity contribution in [2.45, 2.75) is 39.7 Å². The molecular weight excluding hydrogens is 346 g/mol. The van der Waals surface area contributed by atoms with Gasteiger partial charge in [0.15, 0.2) is 0 Å². The van der Waals surface area contributed by atoms with E-state index in [0.29, 0.717) is 6.54 Å². The van der Waals surface area contributed by atoms with Gasteiger partial charge in [0.05, 0.1) is 0 Å². The molecule has 1 aliphatic heterocycles. The minimum Gasteiger partial charge on any atom is -0.381 e. The van der Waals surface area contributed by atoms with Gasteiger partial charge in [-0.1, -0.05) is 19.9 Å². The number of anilines is 2. The van der Waals surface area contributed by atoms with Crippen LogP contribution in [0.4, 0.5) is 11.4 Å². The Morgan fingerprint density at radius 1 is 1.14 bits per heavy atom. The molecule has 2 N–H and O–H groups in total. The lowest BCUT2D eigenvalue weighted by Crippen LogP contribution is -2.34. The topological polar surface area (TPSA) is 48.1 Å². The molecule has 1 saturated heterocycles. The molecule has 1 fully saturated rings. The summed E-state index contributed by atoms with van der Waals surface area (Å²) >= 11 is 0. The van der Waals surface area contributed by atoms with E-state index in [4.69, 9.17) is 0 Å². The van der Waals surface area contributed by atoms with Crippen LogP contribution in [0.2, 0.25) is 0 Å². The first-order chi connectivity index (χ1) is 13.6. The molecule has 2 aromatic carbocycles. The van der Waals surface area contributed by atoms with Gasteiger partial charge in [0.1, 0.15) is 0 Å². The van der Waals surface area contributed by atoms with Gasteiger partial charge < -0.3 is 15.2 Å². The van der Waals surface area contributed by atoms with Crippen molar-refractivity contribution in [3.05, 3.63) is 70.0 Å². The van der Waals surface area contributed by atoms with Crippen molar-refractivity contribution in [3.8, 4) is 0 Å². The molecule has 2 heterocycles. The molecule has 1 aliphatic rings. The predicted octanol–water partition coefficient (Wildman–Crippen LogP) is 4.94. The molecule has 1 aromatic heterocycles. The van der Waals surface area contributed by atoms with Crippen molar-refractivity contribution in [1.29, 1.82) is 0 Å². The number of benzene rings is 2. The van der Waals surface area contributed by atoms with Crippen LogP contribution in [0.15, 0.2) is 53.3 Å². The smallest absolute Gasteiger partial charge is 0.253 e. The minimum absolute atomic E-state index is 0.0248. The first-order valence-electron chi connectivity index (χ1n) is 10.4. The molecular formula is C24H29N3O. The summed E-state index contributed by atoms with van der Waals surface area (Å²) in [5.41, 5.74) is 5.23. The van der Waals surface area contributed by atoms with Gasteiger partial charge in [-0.2, -0.15) is 0 Å². The van der Waals surface area contributed by atoms with E-state index in [1.54, 1.807) is 0 Å². The Balaban J connectivity index is 1.46. The molecule has 3 aromatic rings. The van der Waals surface area contributed by atoms with Gasteiger partial charge in [0.25, 0.3) is 5.56 Å². The van der Waals surface area contributed by atoms with Crippen molar-refractivity contribution in [1.82, 2.24) is 4.98 Å². The average molecular weight is 376 g/mol. The van der Waals surface area contributed by atoms with E-state index in [0.717, 1.165) is 47.6 Å². The number of nitrogens with one attached hydrogen (secondary N) is 2. The Morgan fingerprint density at radius 2 is 1.96 bits per heavy atom. The molecule has 0 unspecified atom stereocenters. The van der Waals surface area contributed by atoms with Gasteiger partial charge >= 0.3 is 0 Å². The second kappa shape index (κ2) is 8.09. The number of hydrogen-bond acceptors (Lipinski definition) is 3. The summed E-state index contributed by atoms with van der Waals surface area (Å²) < 4.78 is 0. The van der Waals surface area contributed by atoms with Crippen LogP contribution < -0.4 is 15.8 Å². The highest BCUT2D eigenvalue weighted by atomic mass is 16.1. The number of aryl methyl sites for hydroxylation is 1. The summed E-state index contributed by atoms with van der Waals surface area (Å²) in [6, 6.07) is 16.8. The molecule has 0 saturated carbocycles. The highest BCUT2D eigenvalue weighted by Gasteiger charge is 2.16. The monoisotopic (exact) mass is 375 g/mol. The van der Waals surface area contributed by atoms with E-state index in [1.807, 2.05) is 12.1 Å². The maximum atomic E-state index is 12.4. The van der Waals surface area contributed by atoms with Crippen LogP contribution in [-0.2, 0) is 13.0 Å². The predicted molar refractivity (Wildman–Crippen MR) is 118 cm³/mol. The zero-order valence-corrected chi connectivity index (χ0v) is 16.8. The molecule has 0 radical (unpaired) electrons. The fraction of sp³-hybridized carbons (Fsp3) is 0.375. The molecule has 4 rings (SSSR count). The summed E-state index contributed by atoms with van der Waals surface area (Å²) in [4.78, 5) is 17.9. The van der Waals surface area contributed by atoms with Crippen LogP contribution in [0.25, 0.3) is 10.9 Å². The number of H-pyrrole nitrogens is 1. The third-order valence-electron chi connectivity index (χ3n) is 5.77. The van der Waals surface area contributed by atoms with Crippen LogP contribution in [0.5, 0.6) is 0 Å². The van der Waals surface area contributed by atoms with Crippen molar-refractivity contribution < 1.29 is 0 Å². The Morgan fingerprint density at radius 3 is 2.71 bits per heavy atom. The lowest BCUT2D eigenvalue weighted by Gasteiger charge is -2.32. The van der Waals surface area contributed by atoms with Crippen LogP contribution >= 0.6 is 0 Å². The van der Waals surface area contributed by atoms with E-state index in [2.05, 4.69) is 65.4 Å². The lowest BCUT2D eigenvalue weighted by molar-refractivity contribution is 0.447. The Labute approximate surface area is 166 Å². The molecule has 146 valence electrons. The van der Waals surface area contributed by atoms with E-state index >= 15 is 0 Å². The summed E-state index contributed by atoms with van der Waals surface area (Å²) in [5.74, 6) is 0.763.